The quantitative estimate of drug-likeness (QED) is 0.186. The van der Waals surface area contributed by atoms with Crippen molar-refractivity contribution in [3.8, 4) is 45.3 Å². The predicted molar refractivity (Wildman–Crippen MR) is 209 cm³/mol. The van der Waals surface area contributed by atoms with E-state index in [9.17, 15) is 0 Å². The molecule has 0 bridgehead atoms. The molecule has 0 N–H and O–H groups in total. The minimum absolute atomic E-state index is 0.606. The van der Waals surface area contributed by atoms with Crippen LogP contribution in [0.4, 0.5) is 0 Å². The minimum Gasteiger partial charge on any atom is -0.455 e. The molecule has 11 aromatic rings. The lowest BCUT2D eigenvalue weighted by Gasteiger charge is -2.09. The molecule has 0 aliphatic heterocycles. The van der Waals surface area contributed by atoms with Crippen molar-refractivity contribution in [1.29, 1.82) is 0 Å². The zero-order valence-corrected chi connectivity index (χ0v) is 27.8. The zero-order chi connectivity index (χ0) is 33.5. The van der Waals surface area contributed by atoms with E-state index >= 15 is 0 Å². The van der Waals surface area contributed by atoms with Gasteiger partial charge in [-0.05, 0) is 36.4 Å². The molecule has 0 spiro atoms. The van der Waals surface area contributed by atoms with Gasteiger partial charge in [0, 0.05) is 69.5 Å². The smallest absolute Gasteiger partial charge is 0.164 e. The summed E-state index contributed by atoms with van der Waals surface area (Å²) >= 11 is 1.79. The second-order valence-corrected chi connectivity index (χ2v) is 13.8. The van der Waals surface area contributed by atoms with Crippen LogP contribution >= 0.6 is 11.3 Å². The highest BCUT2D eigenvalue weighted by atomic mass is 32.1. The van der Waals surface area contributed by atoms with Crippen LogP contribution in [0.3, 0.4) is 0 Å². The number of furan rings is 2. The molecule has 11 rings (SSSR count). The van der Waals surface area contributed by atoms with Crippen molar-refractivity contribution in [3.05, 3.63) is 152 Å². The first-order chi connectivity index (χ1) is 25.2. The summed E-state index contributed by atoms with van der Waals surface area (Å²) in [6, 6.07) is 52.1. The fourth-order valence-corrected chi connectivity index (χ4v) is 8.47. The summed E-state index contributed by atoms with van der Waals surface area (Å²) in [6.07, 6.45) is 0. The van der Waals surface area contributed by atoms with E-state index in [0.717, 1.165) is 71.7 Å². The largest absolute Gasteiger partial charge is 0.455 e. The highest BCUT2D eigenvalue weighted by Crippen LogP contribution is 2.42. The predicted octanol–water partition coefficient (Wildman–Crippen LogP) is 12.7. The Morgan fingerprint density at radius 3 is 1.67 bits per heavy atom. The highest BCUT2D eigenvalue weighted by molar-refractivity contribution is 7.25. The van der Waals surface area contributed by atoms with Crippen molar-refractivity contribution >= 4 is 75.4 Å². The van der Waals surface area contributed by atoms with Gasteiger partial charge in [-0.3, -0.25) is 0 Å². The molecular formula is C45H25N3O2S. The van der Waals surface area contributed by atoms with Crippen molar-refractivity contribution in [2.24, 2.45) is 0 Å². The third kappa shape index (κ3) is 4.43. The molecule has 5 nitrogen and oxygen atoms in total. The first kappa shape index (κ1) is 28.2. The maximum Gasteiger partial charge on any atom is 0.164 e. The van der Waals surface area contributed by atoms with E-state index in [2.05, 4.69) is 91.0 Å². The third-order valence-electron chi connectivity index (χ3n) is 9.75. The number of thiophene rings is 1. The van der Waals surface area contributed by atoms with E-state index < -0.39 is 0 Å². The van der Waals surface area contributed by atoms with Crippen LogP contribution in [0.1, 0.15) is 0 Å². The van der Waals surface area contributed by atoms with Gasteiger partial charge in [-0.2, -0.15) is 0 Å². The molecule has 0 atom stereocenters. The highest BCUT2D eigenvalue weighted by Gasteiger charge is 2.19. The van der Waals surface area contributed by atoms with Gasteiger partial charge in [0.2, 0.25) is 0 Å². The van der Waals surface area contributed by atoms with E-state index in [1.807, 2.05) is 60.7 Å². The molecule has 0 unspecified atom stereocenters. The Morgan fingerprint density at radius 1 is 0.353 bits per heavy atom. The molecule has 0 saturated heterocycles. The minimum atomic E-state index is 0.606. The van der Waals surface area contributed by atoms with Crippen LogP contribution in [0.2, 0.25) is 0 Å². The number of hydrogen-bond acceptors (Lipinski definition) is 6. The van der Waals surface area contributed by atoms with E-state index in [0.29, 0.717) is 17.5 Å². The molecule has 0 fully saturated rings. The van der Waals surface area contributed by atoms with Gasteiger partial charge in [-0.25, -0.2) is 15.0 Å². The van der Waals surface area contributed by atoms with Gasteiger partial charge in [0.15, 0.2) is 17.5 Å². The van der Waals surface area contributed by atoms with Crippen LogP contribution in [-0.4, -0.2) is 15.0 Å². The van der Waals surface area contributed by atoms with E-state index in [4.69, 9.17) is 23.8 Å². The fourth-order valence-electron chi connectivity index (χ4n) is 7.32. The number of fused-ring (bicyclic) bond motifs is 9. The number of benzene rings is 7. The molecule has 4 aromatic heterocycles. The molecule has 0 radical (unpaired) electrons. The van der Waals surface area contributed by atoms with E-state index in [1.165, 1.54) is 20.2 Å². The molecule has 0 saturated carbocycles. The first-order valence-corrected chi connectivity index (χ1v) is 17.7. The average molecular weight is 672 g/mol. The van der Waals surface area contributed by atoms with Crippen molar-refractivity contribution in [2.45, 2.75) is 0 Å². The van der Waals surface area contributed by atoms with Gasteiger partial charge in [-0.15, -0.1) is 11.3 Å². The summed E-state index contributed by atoms with van der Waals surface area (Å²) in [4.78, 5) is 15.1. The fraction of sp³-hybridized carbons (Fsp3) is 0. The molecule has 0 aliphatic carbocycles. The molecule has 7 aromatic carbocycles. The number of nitrogens with zero attached hydrogens (tertiary/aromatic N) is 3. The van der Waals surface area contributed by atoms with Crippen LogP contribution in [0.5, 0.6) is 0 Å². The van der Waals surface area contributed by atoms with Crippen LogP contribution in [-0.2, 0) is 0 Å². The SMILES string of the molecule is c1ccc(-c2nc(-c3ccc4c(c3)sc3ccccc34)nc(-c3ccc4oc5c(-c6cccc7c6oc6ccccc67)cccc5c4c3)n2)cc1. The van der Waals surface area contributed by atoms with Gasteiger partial charge in [0.1, 0.15) is 22.3 Å². The van der Waals surface area contributed by atoms with Crippen LogP contribution < -0.4 is 0 Å². The Bertz CT molecular complexity index is 3160. The molecule has 238 valence electrons. The van der Waals surface area contributed by atoms with Gasteiger partial charge in [0.25, 0.3) is 0 Å². The van der Waals surface area contributed by atoms with Crippen molar-refractivity contribution < 1.29 is 8.83 Å². The van der Waals surface area contributed by atoms with E-state index in [1.54, 1.807) is 11.3 Å². The third-order valence-corrected chi connectivity index (χ3v) is 10.9. The summed E-state index contributed by atoms with van der Waals surface area (Å²) in [5.41, 5.74) is 8.10. The summed E-state index contributed by atoms with van der Waals surface area (Å²) in [5.74, 6) is 1.87. The molecule has 0 amide bonds. The average Bonchev–Trinajstić information content (AvgIpc) is 3.89. The molecular weight excluding hydrogens is 647 g/mol. The van der Waals surface area contributed by atoms with Crippen molar-refractivity contribution in [2.75, 3.05) is 0 Å². The summed E-state index contributed by atoms with van der Waals surface area (Å²) in [6.45, 7) is 0. The van der Waals surface area contributed by atoms with Gasteiger partial charge in [0.05, 0.1) is 0 Å². The van der Waals surface area contributed by atoms with Crippen molar-refractivity contribution in [3.63, 3.8) is 0 Å². The monoisotopic (exact) mass is 671 g/mol. The van der Waals surface area contributed by atoms with Crippen LogP contribution in [0, 0.1) is 0 Å². The molecule has 4 heterocycles. The normalized spacial score (nSPS) is 11.9. The Kier molecular flexibility index (Phi) is 6.05. The molecule has 0 aliphatic rings. The zero-order valence-electron chi connectivity index (χ0n) is 27.0. The Labute approximate surface area is 295 Å². The van der Waals surface area contributed by atoms with Crippen LogP contribution in [0.15, 0.2) is 160 Å². The topological polar surface area (TPSA) is 65.0 Å². The standard InChI is InChI=1S/C45H25N3O2S/c1-2-10-26(11-3-1)43-46-44(48-45(47-43)28-20-22-31-30-13-5-7-19-39(30)51-40(31)25-28)27-21-23-38-36(24-27)35-17-9-16-34(42(35)50-38)33-15-8-14-32-29-12-4-6-18-37(29)49-41(32)33/h1-25H. The van der Waals surface area contributed by atoms with Gasteiger partial charge in [-0.1, -0.05) is 115 Å². The van der Waals surface area contributed by atoms with Crippen LogP contribution in [0.25, 0.3) is 109 Å². The summed E-state index contributed by atoms with van der Waals surface area (Å²) < 4.78 is 15.5. The molecule has 6 heteroatoms. The molecule has 51 heavy (non-hydrogen) atoms. The lowest BCUT2D eigenvalue weighted by atomic mass is 9.99. The number of para-hydroxylation sites is 3. The lowest BCUT2D eigenvalue weighted by molar-refractivity contribution is 0.665. The van der Waals surface area contributed by atoms with Crippen molar-refractivity contribution in [1.82, 2.24) is 15.0 Å². The Morgan fingerprint density at radius 2 is 0.902 bits per heavy atom. The Balaban J connectivity index is 1.08. The Hall–Kier alpha value is -6.63. The summed E-state index contributed by atoms with van der Waals surface area (Å²) in [7, 11) is 0. The number of hydrogen-bond donors (Lipinski definition) is 0. The van der Waals surface area contributed by atoms with Gasteiger partial charge >= 0.3 is 0 Å². The van der Waals surface area contributed by atoms with E-state index in [-0.39, 0.29) is 0 Å². The lowest BCUT2D eigenvalue weighted by Crippen LogP contribution is -2.00. The second-order valence-electron chi connectivity index (χ2n) is 12.8. The number of rotatable bonds is 4. The maximum absolute atomic E-state index is 6.61. The maximum atomic E-state index is 6.61. The number of aromatic nitrogens is 3. The summed E-state index contributed by atoms with van der Waals surface area (Å²) in [5, 5.41) is 6.71. The van der Waals surface area contributed by atoms with Gasteiger partial charge < -0.3 is 8.83 Å². The second kappa shape index (κ2) is 10.9. The first-order valence-electron chi connectivity index (χ1n) is 16.8.